The highest BCUT2D eigenvalue weighted by Crippen LogP contribution is 2.32. The van der Waals surface area contributed by atoms with Crippen molar-refractivity contribution in [3.05, 3.63) is 34.8 Å². The molecule has 0 unspecified atom stereocenters. The Kier molecular flexibility index (Phi) is 3.08. The molecule has 0 saturated carbocycles. The van der Waals surface area contributed by atoms with E-state index in [0.717, 1.165) is 0 Å². The first kappa shape index (κ1) is 10.3. The van der Waals surface area contributed by atoms with Crippen molar-refractivity contribution in [2.45, 2.75) is 0 Å². The van der Waals surface area contributed by atoms with Gasteiger partial charge in [0.1, 0.15) is 11.5 Å². The van der Waals surface area contributed by atoms with Crippen LogP contribution in [0.15, 0.2) is 29.8 Å². The van der Waals surface area contributed by atoms with E-state index >= 15 is 0 Å². The van der Waals surface area contributed by atoms with Crippen LogP contribution in [-0.2, 0) is 0 Å². The summed E-state index contributed by atoms with van der Waals surface area (Å²) in [5.74, 6) is 1.28. The molecule has 0 bridgehead atoms. The van der Waals surface area contributed by atoms with Gasteiger partial charge in [-0.2, -0.15) is 0 Å². The second kappa shape index (κ2) is 4.51. The molecule has 0 saturated heterocycles. The molecule has 1 aromatic heterocycles. The summed E-state index contributed by atoms with van der Waals surface area (Å²) >= 11 is 7.41. The smallest absolute Gasteiger partial charge is 0.278 e. The molecule has 5 heteroatoms. The number of methoxy groups -OCH3 is 1. The predicted octanol–water partition coefficient (Wildman–Crippen LogP) is 3.60. The van der Waals surface area contributed by atoms with Crippen LogP contribution in [0, 0.1) is 0 Å². The lowest BCUT2D eigenvalue weighted by Crippen LogP contribution is -1.86. The number of aromatic nitrogens is 1. The lowest BCUT2D eigenvalue weighted by molar-refractivity contribution is 0.413. The molecular formula is C10H8ClNO2S. The topological polar surface area (TPSA) is 31.4 Å². The lowest BCUT2D eigenvalue weighted by atomic mass is 10.3. The van der Waals surface area contributed by atoms with E-state index in [0.29, 0.717) is 21.7 Å². The second-order valence-corrected chi connectivity index (χ2v) is 3.96. The Hall–Kier alpha value is -1.26. The zero-order chi connectivity index (χ0) is 10.7. The molecule has 0 aliphatic carbocycles. The highest BCUT2D eigenvalue weighted by Gasteiger charge is 2.05. The zero-order valence-corrected chi connectivity index (χ0v) is 9.51. The van der Waals surface area contributed by atoms with Crippen molar-refractivity contribution >= 4 is 22.9 Å². The molecular weight excluding hydrogens is 234 g/mol. The van der Waals surface area contributed by atoms with Crippen LogP contribution in [0.3, 0.4) is 0 Å². The maximum absolute atomic E-state index is 6.00. The monoisotopic (exact) mass is 241 g/mol. The average Bonchev–Trinajstić information content (AvgIpc) is 2.74. The fourth-order valence-electron chi connectivity index (χ4n) is 1.05. The van der Waals surface area contributed by atoms with Gasteiger partial charge in [0.2, 0.25) is 0 Å². The van der Waals surface area contributed by atoms with Gasteiger partial charge in [0, 0.05) is 17.6 Å². The second-order valence-electron chi connectivity index (χ2n) is 2.70. The van der Waals surface area contributed by atoms with Crippen LogP contribution in [-0.4, -0.2) is 12.1 Å². The highest BCUT2D eigenvalue weighted by atomic mass is 35.5. The number of nitrogens with zero attached hydrogens (tertiary/aromatic N) is 1. The maximum atomic E-state index is 6.00. The normalized spacial score (nSPS) is 10.0. The van der Waals surface area contributed by atoms with Crippen LogP contribution in [0.5, 0.6) is 16.7 Å². The SMILES string of the molecule is COc1ccc(Oc2nccs2)c(Cl)c1. The Labute approximate surface area is 96.2 Å². The van der Waals surface area contributed by atoms with Gasteiger partial charge in [-0.25, -0.2) is 4.98 Å². The molecule has 78 valence electrons. The summed E-state index contributed by atoms with van der Waals surface area (Å²) in [6.45, 7) is 0. The summed E-state index contributed by atoms with van der Waals surface area (Å²) in [5, 5.41) is 2.92. The zero-order valence-electron chi connectivity index (χ0n) is 7.94. The van der Waals surface area contributed by atoms with E-state index in [9.17, 15) is 0 Å². The van der Waals surface area contributed by atoms with E-state index in [2.05, 4.69) is 4.98 Å². The van der Waals surface area contributed by atoms with E-state index in [1.54, 1.807) is 31.5 Å². The van der Waals surface area contributed by atoms with Crippen LogP contribution in [0.4, 0.5) is 0 Å². The first-order valence-electron chi connectivity index (χ1n) is 4.20. The minimum absolute atomic E-state index is 0.504. The molecule has 0 aliphatic rings. The van der Waals surface area contributed by atoms with Crippen molar-refractivity contribution in [1.29, 1.82) is 0 Å². The first-order valence-corrected chi connectivity index (χ1v) is 5.46. The summed E-state index contributed by atoms with van der Waals surface area (Å²) in [6, 6.07) is 5.24. The molecule has 0 N–H and O–H groups in total. The predicted molar refractivity (Wildman–Crippen MR) is 60.2 cm³/mol. The van der Waals surface area contributed by atoms with E-state index in [4.69, 9.17) is 21.1 Å². The molecule has 0 aliphatic heterocycles. The molecule has 0 fully saturated rings. The molecule has 3 nitrogen and oxygen atoms in total. The van der Waals surface area contributed by atoms with Crippen molar-refractivity contribution in [2.75, 3.05) is 7.11 Å². The Morgan fingerprint density at radius 2 is 2.27 bits per heavy atom. The van der Waals surface area contributed by atoms with Crippen molar-refractivity contribution in [2.24, 2.45) is 0 Å². The fraction of sp³-hybridized carbons (Fsp3) is 0.100. The number of rotatable bonds is 3. The summed E-state index contributed by atoms with van der Waals surface area (Å²) in [5.41, 5.74) is 0. The largest absolute Gasteiger partial charge is 0.497 e. The van der Waals surface area contributed by atoms with Gasteiger partial charge in [-0.15, -0.1) is 0 Å². The number of hydrogen-bond acceptors (Lipinski definition) is 4. The Bertz CT molecular complexity index is 445. The number of halogens is 1. The lowest BCUT2D eigenvalue weighted by Gasteiger charge is -2.05. The molecule has 1 aromatic carbocycles. The molecule has 0 radical (unpaired) electrons. The van der Waals surface area contributed by atoms with Gasteiger partial charge in [-0.05, 0) is 12.1 Å². The van der Waals surface area contributed by atoms with Crippen molar-refractivity contribution in [3.8, 4) is 16.7 Å². The van der Waals surface area contributed by atoms with Gasteiger partial charge in [-0.1, -0.05) is 22.9 Å². The standard InChI is InChI=1S/C10H8ClNO2S/c1-13-7-2-3-9(8(11)6-7)14-10-12-4-5-15-10/h2-6H,1H3. The third-order valence-corrected chi connectivity index (χ3v) is 2.69. The van der Waals surface area contributed by atoms with E-state index in [1.807, 2.05) is 5.38 Å². The number of benzene rings is 1. The summed E-state index contributed by atoms with van der Waals surface area (Å²) in [7, 11) is 1.59. The van der Waals surface area contributed by atoms with Crippen molar-refractivity contribution in [3.63, 3.8) is 0 Å². The fourth-order valence-corrected chi connectivity index (χ4v) is 1.75. The van der Waals surface area contributed by atoms with Crippen LogP contribution >= 0.6 is 22.9 Å². The molecule has 2 aromatic rings. The minimum Gasteiger partial charge on any atom is -0.497 e. The minimum atomic E-state index is 0.504. The summed E-state index contributed by atoms with van der Waals surface area (Å²) in [6.07, 6.45) is 1.68. The number of hydrogen-bond donors (Lipinski definition) is 0. The van der Waals surface area contributed by atoms with Crippen LogP contribution in [0.1, 0.15) is 0 Å². The maximum Gasteiger partial charge on any atom is 0.278 e. The Balaban J connectivity index is 2.22. The van der Waals surface area contributed by atoms with Gasteiger partial charge >= 0.3 is 0 Å². The number of thiazole rings is 1. The molecule has 2 rings (SSSR count). The highest BCUT2D eigenvalue weighted by molar-refractivity contribution is 7.11. The summed E-state index contributed by atoms with van der Waals surface area (Å²) < 4.78 is 10.5. The van der Waals surface area contributed by atoms with E-state index in [-0.39, 0.29) is 0 Å². The average molecular weight is 242 g/mol. The first-order chi connectivity index (χ1) is 7.29. The molecule has 0 atom stereocenters. The van der Waals surface area contributed by atoms with Crippen LogP contribution < -0.4 is 9.47 Å². The number of ether oxygens (including phenoxy) is 2. The molecule has 0 amide bonds. The van der Waals surface area contributed by atoms with Gasteiger partial charge in [0.15, 0.2) is 0 Å². The van der Waals surface area contributed by atoms with Crippen LogP contribution in [0.2, 0.25) is 5.02 Å². The molecule has 15 heavy (non-hydrogen) atoms. The molecule has 0 spiro atoms. The van der Waals surface area contributed by atoms with Gasteiger partial charge in [0.25, 0.3) is 5.19 Å². The van der Waals surface area contributed by atoms with Crippen LogP contribution in [0.25, 0.3) is 0 Å². The van der Waals surface area contributed by atoms with E-state index < -0.39 is 0 Å². The van der Waals surface area contributed by atoms with Crippen molar-refractivity contribution in [1.82, 2.24) is 4.98 Å². The Morgan fingerprint density at radius 1 is 1.40 bits per heavy atom. The van der Waals surface area contributed by atoms with Crippen molar-refractivity contribution < 1.29 is 9.47 Å². The third-order valence-electron chi connectivity index (χ3n) is 1.75. The van der Waals surface area contributed by atoms with Gasteiger partial charge in [0.05, 0.1) is 12.1 Å². The quantitative estimate of drug-likeness (QED) is 0.823. The Morgan fingerprint density at radius 3 is 2.87 bits per heavy atom. The van der Waals surface area contributed by atoms with Gasteiger partial charge in [-0.3, -0.25) is 0 Å². The molecule has 1 heterocycles. The van der Waals surface area contributed by atoms with E-state index in [1.165, 1.54) is 11.3 Å². The third kappa shape index (κ3) is 2.40. The summed E-state index contributed by atoms with van der Waals surface area (Å²) in [4.78, 5) is 4.00. The van der Waals surface area contributed by atoms with Gasteiger partial charge < -0.3 is 9.47 Å².